The number of ether oxygens (including phenoxy) is 2. The molecular weight excluding hydrogens is 394 g/mol. The molecule has 3 aromatic rings. The Labute approximate surface area is 192 Å². The van der Waals surface area contributed by atoms with Crippen molar-refractivity contribution in [3.8, 4) is 0 Å². The average Bonchev–Trinajstić information content (AvgIpc) is 3.42. The van der Waals surface area contributed by atoms with Gasteiger partial charge in [-0.15, -0.1) is 0 Å². The summed E-state index contributed by atoms with van der Waals surface area (Å²) in [6.07, 6.45) is 4.79. The maximum Gasteiger partial charge on any atom is 0.143 e. The molecular formula is C29H33NO2. The summed E-state index contributed by atoms with van der Waals surface area (Å²) in [5.74, 6) is 0. The highest BCUT2D eigenvalue weighted by molar-refractivity contribution is 5.47. The van der Waals surface area contributed by atoms with E-state index in [1.54, 1.807) is 0 Å². The smallest absolute Gasteiger partial charge is 0.143 e. The predicted octanol–water partition coefficient (Wildman–Crippen LogP) is 5.64. The average molecular weight is 428 g/mol. The SMILES string of the molecule is COC[C@@H]1CC[C@@]2(COC(c3ccccc3)(c3ccccc3)c3ccccc3)CCCN12. The van der Waals surface area contributed by atoms with Crippen molar-refractivity contribution in [1.29, 1.82) is 0 Å². The van der Waals surface area contributed by atoms with Crippen LogP contribution in [0.3, 0.4) is 0 Å². The fourth-order valence-corrected chi connectivity index (χ4v) is 5.99. The lowest BCUT2D eigenvalue weighted by molar-refractivity contribution is -0.0504. The van der Waals surface area contributed by atoms with Gasteiger partial charge in [-0.1, -0.05) is 91.0 Å². The number of hydrogen-bond donors (Lipinski definition) is 0. The number of rotatable bonds is 8. The number of benzene rings is 3. The molecule has 0 aliphatic carbocycles. The van der Waals surface area contributed by atoms with Crippen LogP contribution < -0.4 is 0 Å². The second kappa shape index (κ2) is 9.19. The molecule has 0 radical (unpaired) electrons. The van der Waals surface area contributed by atoms with Crippen LogP contribution >= 0.6 is 0 Å². The van der Waals surface area contributed by atoms with Crippen molar-refractivity contribution in [3.63, 3.8) is 0 Å². The van der Waals surface area contributed by atoms with Crippen LogP contribution in [0.1, 0.15) is 42.4 Å². The highest BCUT2D eigenvalue weighted by Crippen LogP contribution is 2.46. The van der Waals surface area contributed by atoms with E-state index in [9.17, 15) is 0 Å². The van der Waals surface area contributed by atoms with E-state index in [-0.39, 0.29) is 5.54 Å². The van der Waals surface area contributed by atoms with E-state index in [2.05, 4.69) is 95.9 Å². The minimum atomic E-state index is -0.647. The van der Waals surface area contributed by atoms with Crippen molar-refractivity contribution in [2.75, 3.05) is 26.9 Å². The zero-order chi connectivity index (χ0) is 21.9. The summed E-state index contributed by atoms with van der Waals surface area (Å²) in [5.41, 5.74) is 2.97. The van der Waals surface area contributed by atoms with Crippen LogP contribution in [0.2, 0.25) is 0 Å². The Morgan fingerprint density at radius 2 is 1.34 bits per heavy atom. The van der Waals surface area contributed by atoms with Gasteiger partial charge in [-0.3, -0.25) is 4.90 Å². The molecule has 166 valence electrons. The predicted molar refractivity (Wildman–Crippen MR) is 129 cm³/mol. The molecule has 2 saturated heterocycles. The molecule has 0 spiro atoms. The van der Waals surface area contributed by atoms with Crippen molar-refractivity contribution in [3.05, 3.63) is 108 Å². The Balaban J connectivity index is 1.58. The van der Waals surface area contributed by atoms with Gasteiger partial charge in [0.2, 0.25) is 0 Å². The summed E-state index contributed by atoms with van der Waals surface area (Å²) in [6.45, 7) is 2.67. The molecule has 2 heterocycles. The summed E-state index contributed by atoms with van der Waals surface area (Å²) in [7, 11) is 1.82. The maximum absolute atomic E-state index is 7.22. The Hall–Kier alpha value is -2.46. The van der Waals surface area contributed by atoms with Crippen molar-refractivity contribution in [2.24, 2.45) is 0 Å². The molecule has 0 bridgehead atoms. The number of hydrogen-bond acceptors (Lipinski definition) is 3. The Kier molecular flexibility index (Phi) is 6.14. The normalized spacial score (nSPS) is 23.3. The van der Waals surface area contributed by atoms with Crippen molar-refractivity contribution >= 4 is 0 Å². The summed E-state index contributed by atoms with van der Waals surface area (Å²) in [4.78, 5) is 2.68. The fraction of sp³-hybridized carbons (Fsp3) is 0.379. The van der Waals surface area contributed by atoms with E-state index < -0.39 is 5.60 Å². The van der Waals surface area contributed by atoms with E-state index in [4.69, 9.17) is 9.47 Å². The van der Waals surface area contributed by atoms with Crippen molar-refractivity contribution in [2.45, 2.75) is 42.9 Å². The van der Waals surface area contributed by atoms with Crippen LogP contribution in [-0.2, 0) is 15.1 Å². The topological polar surface area (TPSA) is 21.7 Å². The van der Waals surface area contributed by atoms with Crippen LogP contribution in [-0.4, -0.2) is 43.3 Å². The van der Waals surface area contributed by atoms with Gasteiger partial charge in [-0.05, 0) is 48.9 Å². The van der Waals surface area contributed by atoms with Crippen LogP contribution in [0.25, 0.3) is 0 Å². The van der Waals surface area contributed by atoms with Gasteiger partial charge >= 0.3 is 0 Å². The molecule has 3 nitrogen and oxygen atoms in total. The first-order valence-corrected chi connectivity index (χ1v) is 11.8. The number of methoxy groups -OCH3 is 1. The standard InChI is InChI=1S/C29H33NO2/c1-31-22-27-18-20-28(19-11-21-30(27)28)23-32-29(24-12-5-2-6-13-24,25-14-7-3-8-15-25)26-16-9-4-10-17-26/h2-10,12-17,27H,11,18-23H2,1H3/t27-,28+/m0/s1. The highest BCUT2D eigenvalue weighted by atomic mass is 16.5. The number of nitrogens with zero attached hydrogens (tertiary/aromatic N) is 1. The first-order valence-electron chi connectivity index (χ1n) is 11.8. The van der Waals surface area contributed by atoms with Gasteiger partial charge in [0, 0.05) is 18.7 Å². The largest absolute Gasteiger partial charge is 0.383 e. The van der Waals surface area contributed by atoms with E-state index in [1.807, 2.05) is 7.11 Å². The van der Waals surface area contributed by atoms with Crippen LogP contribution in [0.15, 0.2) is 91.0 Å². The summed E-state index contributed by atoms with van der Waals surface area (Å²) >= 11 is 0. The Bertz CT molecular complexity index is 895. The highest BCUT2D eigenvalue weighted by Gasteiger charge is 2.51. The van der Waals surface area contributed by atoms with Gasteiger partial charge < -0.3 is 9.47 Å². The van der Waals surface area contributed by atoms with Gasteiger partial charge in [-0.2, -0.15) is 0 Å². The minimum Gasteiger partial charge on any atom is -0.383 e. The molecule has 3 heteroatoms. The molecule has 32 heavy (non-hydrogen) atoms. The second-order valence-electron chi connectivity index (χ2n) is 9.24. The molecule has 0 amide bonds. The molecule has 0 saturated carbocycles. The monoisotopic (exact) mass is 427 g/mol. The van der Waals surface area contributed by atoms with Gasteiger partial charge in [0.05, 0.1) is 13.2 Å². The van der Waals surface area contributed by atoms with Gasteiger partial charge in [-0.25, -0.2) is 0 Å². The molecule has 2 fully saturated rings. The van der Waals surface area contributed by atoms with E-state index in [0.29, 0.717) is 12.6 Å². The first kappa shape index (κ1) is 21.4. The lowest BCUT2D eigenvalue weighted by Crippen LogP contribution is -2.49. The zero-order valence-electron chi connectivity index (χ0n) is 19.0. The van der Waals surface area contributed by atoms with Crippen LogP contribution in [0, 0.1) is 0 Å². The summed E-state index contributed by atoms with van der Waals surface area (Å²) in [6, 6.07) is 32.6. The van der Waals surface area contributed by atoms with E-state index in [0.717, 1.165) is 13.2 Å². The molecule has 3 aromatic carbocycles. The second-order valence-corrected chi connectivity index (χ2v) is 9.24. The lowest BCUT2D eigenvalue weighted by atomic mass is 9.79. The van der Waals surface area contributed by atoms with Gasteiger partial charge in [0.1, 0.15) is 5.60 Å². The van der Waals surface area contributed by atoms with E-state index in [1.165, 1.54) is 42.4 Å². The van der Waals surface area contributed by atoms with Crippen LogP contribution in [0.5, 0.6) is 0 Å². The van der Waals surface area contributed by atoms with Crippen molar-refractivity contribution in [1.82, 2.24) is 4.90 Å². The minimum absolute atomic E-state index is 0.104. The van der Waals surface area contributed by atoms with Gasteiger partial charge in [0.25, 0.3) is 0 Å². The molecule has 5 rings (SSSR count). The van der Waals surface area contributed by atoms with Crippen molar-refractivity contribution < 1.29 is 9.47 Å². The third-order valence-electron chi connectivity index (χ3n) is 7.49. The summed E-state index contributed by atoms with van der Waals surface area (Å²) in [5, 5.41) is 0. The third-order valence-corrected chi connectivity index (χ3v) is 7.49. The molecule has 0 N–H and O–H groups in total. The quantitative estimate of drug-likeness (QED) is 0.434. The first-order chi connectivity index (χ1) is 15.8. The maximum atomic E-state index is 7.22. The lowest BCUT2D eigenvalue weighted by Gasteiger charge is -2.41. The zero-order valence-corrected chi connectivity index (χ0v) is 19.0. The Morgan fingerprint density at radius 3 is 1.84 bits per heavy atom. The fourth-order valence-electron chi connectivity index (χ4n) is 5.99. The molecule has 2 atom stereocenters. The van der Waals surface area contributed by atoms with Crippen LogP contribution in [0.4, 0.5) is 0 Å². The van der Waals surface area contributed by atoms with Gasteiger partial charge in [0.15, 0.2) is 0 Å². The molecule has 2 aliphatic rings. The van der Waals surface area contributed by atoms with E-state index >= 15 is 0 Å². The molecule has 2 aliphatic heterocycles. The molecule has 0 aromatic heterocycles. The summed E-state index contributed by atoms with van der Waals surface area (Å²) < 4.78 is 12.8. The Morgan fingerprint density at radius 1 is 0.812 bits per heavy atom. The molecule has 0 unspecified atom stereocenters. The number of fused-ring (bicyclic) bond motifs is 1. The third kappa shape index (κ3) is 3.69.